The highest BCUT2D eigenvalue weighted by molar-refractivity contribution is 7.10. The fourth-order valence-corrected chi connectivity index (χ4v) is 5.51. The maximum atomic E-state index is 6.07. The normalized spacial score (nSPS) is 17.7. The number of benzene rings is 2. The van der Waals surface area contributed by atoms with Gasteiger partial charge in [-0.1, -0.05) is 30.3 Å². The minimum Gasteiger partial charge on any atom is -0.494 e. The van der Waals surface area contributed by atoms with Gasteiger partial charge in [-0.25, -0.2) is 0 Å². The summed E-state index contributed by atoms with van der Waals surface area (Å²) in [7, 11) is 1.81. The molecule has 6 rings (SSSR count). The summed E-state index contributed by atoms with van der Waals surface area (Å²) in [4.78, 5) is 2.51. The van der Waals surface area contributed by atoms with E-state index in [0.717, 1.165) is 31.7 Å². The second kappa shape index (κ2) is 6.33. The molecule has 2 aliphatic heterocycles. The average Bonchev–Trinajstić information content (AvgIpc) is 3.47. The third-order valence-corrected chi connectivity index (χ3v) is 7.04. The molecule has 142 valence electrons. The van der Waals surface area contributed by atoms with Crippen LogP contribution in [0.2, 0.25) is 0 Å². The lowest BCUT2D eigenvalue weighted by Gasteiger charge is -2.33. The number of fused-ring (bicyclic) bond motifs is 3. The van der Waals surface area contributed by atoms with Crippen LogP contribution in [0.4, 0.5) is 10.7 Å². The Hall–Kier alpha value is -2.37. The van der Waals surface area contributed by atoms with E-state index in [9.17, 15) is 0 Å². The van der Waals surface area contributed by atoms with Crippen molar-refractivity contribution in [2.45, 2.75) is 38.3 Å². The third-order valence-electron chi connectivity index (χ3n) is 6.20. The van der Waals surface area contributed by atoms with Gasteiger partial charge in [0.25, 0.3) is 0 Å². The van der Waals surface area contributed by atoms with Gasteiger partial charge >= 0.3 is 0 Å². The van der Waals surface area contributed by atoms with E-state index < -0.39 is 0 Å². The third kappa shape index (κ3) is 2.50. The van der Waals surface area contributed by atoms with Crippen LogP contribution in [0.15, 0.2) is 36.5 Å². The van der Waals surface area contributed by atoms with Crippen molar-refractivity contribution in [3.8, 4) is 16.9 Å². The quantitative estimate of drug-likeness (QED) is 0.706. The molecule has 0 atom stereocenters. The van der Waals surface area contributed by atoms with Crippen LogP contribution >= 0.6 is 11.5 Å². The number of anilines is 2. The second-order valence-electron chi connectivity index (χ2n) is 8.00. The highest BCUT2D eigenvalue weighted by atomic mass is 32.1. The van der Waals surface area contributed by atoms with E-state index in [0.29, 0.717) is 6.04 Å². The molecule has 0 radical (unpaired) electrons. The molecule has 5 heteroatoms. The van der Waals surface area contributed by atoms with Crippen LogP contribution in [-0.2, 0) is 19.4 Å². The summed E-state index contributed by atoms with van der Waals surface area (Å²) in [5.74, 6) is 1.01. The Morgan fingerprint density at radius 3 is 2.86 bits per heavy atom. The maximum absolute atomic E-state index is 6.07. The van der Waals surface area contributed by atoms with Gasteiger partial charge in [-0.3, -0.25) is 0 Å². The van der Waals surface area contributed by atoms with Crippen molar-refractivity contribution in [2.75, 3.05) is 18.6 Å². The van der Waals surface area contributed by atoms with Crippen LogP contribution in [0.5, 0.6) is 5.75 Å². The molecule has 0 unspecified atom stereocenters. The van der Waals surface area contributed by atoms with Gasteiger partial charge < -0.3 is 15.0 Å². The van der Waals surface area contributed by atoms with E-state index in [1.165, 1.54) is 56.9 Å². The summed E-state index contributed by atoms with van der Waals surface area (Å²) >= 11 is 1.62. The Balaban J connectivity index is 1.52. The highest BCUT2D eigenvalue weighted by Gasteiger charge is 2.38. The SMILES string of the molecule is COc1c(-c2ccc3c(c2)CCNC3)ccc2c1N(C1CC1)c1sncc1C2. The molecule has 1 saturated carbocycles. The maximum Gasteiger partial charge on any atom is 0.150 e. The van der Waals surface area contributed by atoms with Crippen LogP contribution in [0.3, 0.4) is 0 Å². The van der Waals surface area contributed by atoms with Crippen LogP contribution in [0.25, 0.3) is 11.1 Å². The monoisotopic (exact) mass is 389 g/mol. The Morgan fingerprint density at radius 2 is 2.00 bits per heavy atom. The number of hydrogen-bond acceptors (Lipinski definition) is 5. The summed E-state index contributed by atoms with van der Waals surface area (Å²) in [6, 6.07) is 12.0. The standard InChI is InChI=1S/C23H23N3OS/c1-27-22-20(15-2-3-17-12-24-9-8-14(17)10-15)7-4-16-11-18-13-25-28-23(18)26(21(16)22)19-5-6-19/h2-4,7,10,13,19,24H,5-6,8-9,11-12H2,1H3. The molecule has 3 aromatic rings. The minimum atomic E-state index is 0.581. The molecule has 0 bridgehead atoms. The van der Waals surface area contributed by atoms with E-state index in [1.807, 2.05) is 13.3 Å². The molecule has 1 N–H and O–H groups in total. The predicted octanol–water partition coefficient (Wildman–Crippen LogP) is 4.67. The van der Waals surface area contributed by atoms with Gasteiger partial charge in [-0.2, -0.15) is 4.37 Å². The first-order chi connectivity index (χ1) is 13.8. The Bertz CT molecular complexity index is 1070. The smallest absolute Gasteiger partial charge is 0.150 e. The van der Waals surface area contributed by atoms with Crippen LogP contribution in [0.1, 0.15) is 35.1 Å². The lowest BCUT2D eigenvalue weighted by Crippen LogP contribution is -2.25. The lowest BCUT2D eigenvalue weighted by molar-refractivity contribution is 0.416. The van der Waals surface area contributed by atoms with E-state index in [1.54, 1.807) is 11.5 Å². The molecule has 0 saturated heterocycles. The number of ether oxygens (including phenoxy) is 1. The summed E-state index contributed by atoms with van der Waals surface area (Å²) in [6.45, 7) is 2.03. The van der Waals surface area contributed by atoms with Crippen LogP contribution in [-0.4, -0.2) is 24.1 Å². The van der Waals surface area contributed by atoms with Crippen molar-refractivity contribution in [3.63, 3.8) is 0 Å². The molecule has 2 aromatic carbocycles. The first-order valence-corrected chi connectivity index (χ1v) is 10.9. The molecule has 1 aliphatic carbocycles. The van der Waals surface area contributed by atoms with Gasteiger partial charge in [0.15, 0.2) is 5.75 Å². The topological polar surface area (TPSA) is 37.4 Å². The van der Waals surface area contributed by atoms with Crippen molar-refractivity contribution < 1.29 is 4.74 Å². The van der Waals surface area contributed by atoms with Crippen LogP contribution in [0, 0.1) is 0 Å². The molecule has 28 heavy (non-hydrogen) atoms. The zero-order chi connectivity index (χ0) is 18.7. The number of rotatable bonds is 3. The number of nitrogens with zero attached hydrogens (tertiary/aromatic N) is 2. The summed E-state index contributed by atoms with van der Waals surface area (Å²) in [5, 5.41) is 4.77. The molecular weight excluding hydrogens is 366 g/mol. The number of aromatic nitrogens is 1. The fourth-order valence-electron chi connectivity index (χ4n) is 4.66. The van der Waals surface area contributed by atoms with E-state index in [-0.39, 0.29) is 0 Å². The minimum absolute atomic E-state index is 0.581. The van der Waals surface area contributed by atoms with Gasteiger partial charge in [0, 0.05) is 36.3 Å². The van der Waals surface area contributed by atoms with E-state index in [2.05, 4.69) is 44.9 Å². The van der Waals surface area contributed by atoms with Crippen molar-refractivity contribution in [1.29, 1.82) is 0 Å². The predicted molar refractivity (Wildman–Crippen MR) is 114 cm³/mol. The number of methoxy groups -OCH3 is 1. The summed E-state index contributed by atoms with van der Waals surface area (Å²) < 4.78 is 10.6. The Kier molecular flexibility index (Phi) is 3.74. The van der Waals surface area contributed by atoms with Gasteiger partial charge in [0.05, 0.1) is 12.8 Å². The molecule has 0 spiro atoms. The number of nitrogens with one attached hydrogen (secondary N) is 1. The highest BCUT2D eigenvalue weighted by Crippen LogP contribution is 2.53. The first-order valence-electron chi connectivity index (χ1n) is 10.1. The summed E-state index contributed by atoms with van der Waals surface area (Å²) in [5.41, 5.74) is 9.29. The molecular formula is C23H23N3OS. The Morgan fingerprint density at radius 1 is 1.11 bits per heavy atom. The van der Waals surface area contributed by atoms with Crippen molar-refractivity contribution in [3.05, 3.63) is 58.8 Å². The molecule has 3 heterocycles. The lowest BCUT2D eigenvalue weighted by atomic mass is 9.91. The van der Waals surface area contributed by atoms with Crippen LogP contribution < -0.4 is 15.0 Å². The zero-order valence-electron chi connectivity index (χ0n) is 16.0. The zero-order valence-corrected chi connectivity index (χ0v) is 16.8. The molecule has 1 aromatic heterocycles. The van der Waals surface area contributed by atoms with Crippen molar-refractivity contribution in [2.24, 2.45) is 0 Å². The van der Waals surface area contributed by atoms with Gasteiger partial charge in [0.1, 0.15) is 5.00 Å². The van der Waals surface area contributed by atoms with Gasteiger partial charge in [0.2, 0.25) is 0 Å². The molecule has 1 fully saturated rings. The first kappa shape index (κ1) is 16.6. The number of hydrogen-bond donors (Lipinski definition) is 1. The van der Waals surface area contributed by atoms with E-state index >= 15 is 0 Å². The van der Waals surface area contributed by atoms with E-state index in [4.69, 9.17) is 4.74 Å². The van der Waals surface area contributed by atoms with Gasteiger partial charge in [-0.05, 0) is 59.6 Å². The fraction of sp³-hybridized carbons (Fsp3) is 0.348. The average molecular weight is 390 g/mol. The summed E-state index contributed by atoms with van der Waals surface area (Å²) in [6.07, 6.45) is 6.56. The van der Waals surface area contributed by atoms with Crippen molar-refractivity contribution in [1.82, 2.24) is 9.69 Å². The Labute approximate surface area is 169 Å². The largest absolute Gasteiger partial charge is 0.494 e. The van der Waals surface area contributed by atoms with Gasteiger partial charge in [-0.15, -0.1) is 0 Å². The van der Waals surface area contributed by atoms with Crippen molar-refractivity contribution >= 4 is 22.2 Å². The molecule has 0 amide bonds. The molecule has 4 nitrogen and oxygen atoms in total. The molecule has 3 aliphatic rings. The second-order valence-corrected chi connectivity index (χ2v) is 8.78.